The minimum Gasteiger partial charge on any atom is -0.465 e. The van der Waals surface area contributed by atoms with E-state index in [1.54, 1.807) is 0 Å². The van der Waals surface area contributed by atoms with Gasteiger partial charge < -0.3 is 10.1 Å². The van der Waals surface area contributed by atoms with Crippen molar-refractivity contribution in [3.8, 4) is 0 Å². The van der Waals surface area contributed by atoms with E-state index < -0.39 is 0 Å². The highest BCUT2D eigenvalue weighted by Gasteiger charge is 2.52. The summed E-state index contributed by atoms with van der Waals surface area (Å²) in [5, 5.41) is 3.41. The quantitative estimate of drug-likeness (QED) is 0.748. The summed E-state index contributed by atoms with van der Waals surface area (Å²) >= 11 is 0. The highest BCUT2D eigenvalue weighted by Crippen LogP contribution is 2.56. The first-order valence-electron chi connectivity index (χ1n) is 7.13. The number of nitrogens with one attached hydrogen (secondary N) is 1. The zero-order valence-corrected chi connectivity index (χ0v) is 10.7. The summed E-state index contributed by atoms with van der Waals surface area (Å²) in [6, 6.07) is -0.0331. The first-order valence-corrected chi connectivity index (χ1v) is 7.13. The van der Waals surface area contributed by atoms with Crippen LogP contribution in [0.1, 0.15) is 45.4 Å². The van der Waals surface area contributed by atoms with Crippen molar-refractivity contribution in [2.45, 2.75) is 51.5 Å². The molecule has 1 spiro atoms. The van der Waals surface area contributed by atoms with Gasteiger partial charge in [0.1, 0.15) is 6.04 Å². The molecule has 3 saturated carbocycles. The number of esters is 1. The molecule has 2 atom stereocenters. The van der Waals surface area contributed by atoms with Gasteiger partial charge in [0.2, 0.25) is 0 Å². The molecular weight excluding hydrogens is 214 g/mol. The van der Waals surface area contributed by atoms with Crippen molar-refractivity contribution in [1.82, 2.24) is 5.32 Å². The summed E-state index contributed by atoms with van der Waals surface area (Å²) in [4.78, 5) is 11.8. The van der Waals surface area contributed by atoms with Crippen LogP contribution in [0.15, 0.2) is 0 Å². The Labute approximate surface area is 103 Å². The number of hydrogen-bond donors (Lipinski definition) is 1. The molecule has 4 rings (SSSR count). The van der Waals surface area contributed by atoms with Crippen LogP contribution >= 0.6 is 0 Å². The lowest BCUT2D eigenvalue weighted by Gasteiger charge is -2.50. The molecule has 0 aromatic heterocycles. The summed E-state index contributed by atoms with van der Waals surface area (Å²) in [5.41, 5.74) is 0.429. The largest absolute Gasteiger partial charge is 0.465 e. The second-order valence-corrected chi connectivity index (χ2v) is 6.17. The fraction of sp³-hybridized carbons (Fsp3) is 0.929. The maximum Gasteiger partial charge on any atom is 0.323 e. The van der Waals surface area contributed by atoms with Crippen LogP contribution in [0.3, 0.4) is 0 Å². The summed E-state index contributed by atoms with van der Waals surface area (Å²) in [6.45, 7) is 3.42. The Kier molecular flexibility index (Phi) is 2.89. The van der Waals surface area contributed by atoms with E-state index >= 15 is 0 Å². The number of ether oxygens (including phenoxy) is 1. The van der Waals surface area contributed by atoms with E-state index in [0.29, 0.717) is 12.0 Å². The molecule has 0 aromatic rings. The van der Waals surface area contributed by atoms with E-state index in [9.17, 15) is 4.79 Å². The van der Waals surface area contributed by atoms with Gasteiger partial charge in [0, 0.05) is 6.54 Å². The molecular formula is C14H23NO2. The third-order valence-corrected chi connectivity index (χ3v) is 5.29. The second-order valence-electron chi connectivity index (χ2n) is 6.17. The van der Waals surface area contributed by atoms with Gasteiger partial charge in [0.05, 0.1) is 6.61 Å². The first kappa shape index (κ1) is 11.5. The van der Waals surface area contributed by atoms with Gasteiger partial charge in [-0.2, -0.15) is 0 Å². The Bertz CT molecular complexity index is 309. The minimum atomic E-state index is -0.0363. The van der Waals surface area contributed by atoms with Crippen molar-refractivity contribution in [2.24, 2.45) is 17.3 Å². The summed E-state index contributed by atoms with van der Waals surface area (Å²) in [6.07, 6.45) is 8.00. The molecule has 0 amide bonds. The lowest BCUT2D eigenvalue weighted by atomic mass is 9.55. The van der Waals surface area contributed by atoms with Crippen molar-refractivity contribution in [3.05, 3.63) is 0 Å². The lowest BCUT2D eigenvalue weighted by molar-refractivity contribution is -0.145. The van der Waals surface area contributed by atoms with Crippen LogP contribution in [0.2, 0.25) is 0 Å². The number of hydrogen-bond acceptors (Lipinski definition) is 3. The van der Waals surface area contributed by atoms with Crippen molar-refractivity contribution < 1.29 is 9.53 Å². The third kappa shape index (κ3) is 1.88. The fourth-order valence-electron chi connectivity index (χ4n) is 4.47. The summed E-state index contributed by atoms with van der Waals surface area (Å²) in [7, 11) is 0. The molecule has 4 aliphatic rings. The van der Waals surface area contributed by atoms with Gasteiger partial charge >= 0.3 is 5.97 Å². The standard InChI is InChI=1S/C14H23NO2/c1-2-17-13(16)12-8-14(9-15-12)7-10-3-5-11(14)6-4-10/h10-12,15H,2-9H2,1H3. The molecule has 3 heteroatoms. The highest BCUT2D eigenvalue weighted by atomic mass is 16.5. The van der Waals surface area contributed by atoms with Crippen molar-refractivity contribution in [1.29, 1.82) is 0 Å². The predicted octanol–water partition coefficient (Wildman–Crippen LogP) is 2.11. The number of carbonyl (C=O) groups excluding carboxylic acids is 1. The maximum atomic E-state index is 11.8. The summed E-state index contributed by atoms with van der Waals surface area (Å²) in [5.74, 6) is 1.76. The van der Waals surface area contributed by atoms with Crippen LogP contribution in [0.5, 0.6) is 0 Å². The molecule has 1 heterocycles. The van der Waals surface area contributed by atoms with Crippen LogP contribution in [-0.2, 0) is 9.53 Å². The molecule has 96 valence electrons. The smallest absolute Gasteiger partial charge is 0.323 e. The van der Waals surface area contributed by atoms with E-state index in [2.05, 4.69) is 5.32 Å². The normalized spacial score (nSPS) is 44.2. The molecule has 4 fully saturated rings. The van der Waals surface area contributed by atoms with Crippen LogP contribution in [0, 0.1) is 17.3 Å². The lowest BCUT2D eigenvalue weighted by Crippen LogP contribution is -2.43. The number of rotatable bonds is 2. The average Bonchev–Trinajstić information content (AvgIpc) is 2.75. The fourth-order valence-corrected chi connectivity index (χ4v) is 4.47. The van der Waals surface area contributed by atoms with E-state index in [0.717, 1.165) is 24.8 Å². The molecule has 3 aliphatic carbocycles. The van der Waals surface area contributed by atoms with Gasteiger partial charge in [-0.1, -0.05) is 12.8 Å². The molecule has 17 heavy (non-hydrogen) atoms. The molecule has 0 aromatic carbocycles. The maximum absolute atomic E-state index is 11.8. The Morgan fingerprint density at radius 3 is 2.65 bits per heavy atom. The van der Waals surface area contributed by atoms with Gasteiger partial charge in [0.15, 0.2) is 0 Å². The Balaban J connectivity index is 1.68. The van der Waals surface area contributed by atoms with Crippen LogP contribution < -0.4 is 5.32 Å². The molecule has 2 bridgehead atoms. The van der Waals surface area contributed by atoms with Crippen LogP contribution in [0.25, 0.3) is 0 Å². The molecule has 1 aliphatic heterocycles. The van der Waals surface area contributed by atoms with Crippen LogP contribution in [-0.4, -0.2) is 25.2 Å². The van der Waals surface area contributed by atoms with Crippen molar-refractivity contribution in [2.75, 3.05) is 13.2 Å². The topological polar surface area (TPSA) is 38.3 Å². The van der Waals surface area contributed by atoms with Gasteiger partial charge in [-0.25, -0.2) is 0 Å². The molecule has 3 nitrogen and oxygen atoms in total. The van der Waals surface area contributed by atoms with E-state index in [1.807, 2.05) is 6.92 Å². The zero-order chi connectivity index (χ0) is 11.9. The zero-order valence-electron chi connectivity index (χ0n) is 10.7. The van der Waals surface area contributed by atoms with Crippen LogP contribution in [0.4, 0.5) is 0 Å². The average molecular weight is 237 g/mol. The van der Waals surface area contributed by atoms with E-state index in [-0.39, 0.29) is 12.0 Å². The molecule has 2 unspecified atom stereocenters. The van der Waals surface area contributed by atoms with Gasteiger partial charge in [0.25, 0.3) is 0 Å². The second kappa shape index (κ2) is 4.27. The first-order chi connectivity index (χ1) is 8.23. The van der Waals surface area contributed by atoms with Gasteiger partial charge in [-0.05, 0) is 49.9 Å². The molecule has 0 radical (unpaired) electrons. The van der Waals surface area contributed by atoms with E-state index in [1.165, 1.54) is 32.1 Å². The SMILES string of the molecule is CCOC(=O)C1CC2(CN1)CC1CCC2CC1. The van der Waals surface area contributed by atoms with Crippen molar-refractivity contribution in [3.63, 3.8) is 0 Å². The Morgan fingerprint density at radius 2 is 2.06 bits per heavy atom. The predicted molar refractivity (Wildman–Crippen MR) is 65.5 cm³/mol. The summed E-state index contributed by atoms with van der Waals surface area (Å²) < 4.78 is 5.14. The van der Waals surface area contributed by atoms with E-state index in [4.69, 9.17) is 4.74 Å². The third-order valence-electron chi connectivity index (χ3n) is 5.29. The highest BCUT2D eigenvalue weighted by molar-refractivity contribution is 5.76. The van der Waals surface area contributed by atoms with Gasteiger partial charge in [-0.3, -0.25) is 4.79 Å². The minimum absolute atomic E-state index is 0.0331. The Hall–Kier alpha value is -0.570. The van der Waals surface area contributed by atoms with Crippen molar-refractivity contribution >= 4 is 5.97 Å². The Morgan fingerprint density at radius 1 is 1.29 bits per heavy atom. The number of carbonyl (C=O) groups is 1. The molecule has 1 N–H and O–H groups in total. The number of fused-ring (bicyclic) bond motifs is 2. The molecule has 1 saturated heterocycles. The monoisotopic (exact) mass is 237 g/mol. The van der Waals surface area contributed by atoms with Gasteiger partial charge in [-0.15, -0.1) is 0 Å².